The number of nitro benzene ring substituents is 1. The van der Waals surface area contributed by atoms with Crippen LogP contribution in [0.25, 0.3) is 0 Å². The Morgan fingerprint density at radius 2 is 2.05 bits per heavy atom. The van der Waals surface area contributed by atoms with Crippen LogP contribution in [-0.2, 0) is 6.54 Å². The van der Waals surface area contributed by atoms with E-state index in [1.807, 2.05) is 0 Å². The zero-order valence-electron chi connectivity index (χ0n) is 11.2. The number of hydrogen-bond acceptors (Lipinski definition) is 5. The first-order valence-electron chi connectivity index (χ1n) is 6.70. The summed E-state index contributed by atoms with van der Waals surface area (Å²) < 4.78 is 0. The molecule has 1 aliphatic rings. The van der Waals surface area contributed by atoms with E-state index in [9.17, 15) is 14.9 Å². The van der Waals surface area contributed by atoms with Crippen molar-refractivity contribution in [3.63, 3.8) is 0 Å². The van der Waals surface area contributed by atoms with E-state index in [4.69, 9.17) is 0 Å². The molecule has 0 bridgehead atoms. The van der Waals surface area contributed by atoms with E-state index in [2.05, 4.69) is 15.3 Å². The zero-order valence-corrected chi connectivity index (χ0v) is 11.2. The second-order valence-electron chi connectivity index (χ2n) is 5.07. The lowest BCUT2D eigenvalue weighted by Gasteiger charge is -2.07. The van der Waals surface area contributed by atoms with Crippen LogP contribution in [0.15, 0.2) is 35.1 Å². The average Bonchev–Trinajstić information content (AvgIpc) is 3.29. The summed E-state index contributed by atoms with van der Waals surface area (Å²) in [5, 5.41) is 13.7. The number of aromatic amines is 1. The lowest BCUT2D eigenvalue weighted by Crippen LogP contribution is -2.13. The first-order valence-corrected chi connectivity index (χ1v) is 6.70. The Bertz CT molecular complexity index is 720. The molecule has 0 aliphatic heterocycles. The summed E-state index contributed by atoms with van der Waals surface area (Å²) in [4.78, 5) is 28.8. The van der Waals surface area contributed by atoms with E-state index < -0.39 is 4.92 Å². The summed E-state index contributed by atoms with van der Waals surface area (Å²) in [6.45, 7) is 0.457. The van der Waals surface area contributed by atoms with E-state index in [1.165, 1.54) is 18.2 Å². The highest BCUT2D eigenvalue weighted by Crippen LogP contribution is 2.37. The lowest BCUT2D eigenvalue weighted by atomic mass is 10.2. The molecule has 1 fully saturated rings. The van der Waals surface area contributed by atoms with Crippen LogP contribution in [0, 0.1) is 10.1 Å². The first kappa shape index (κ1) is 13.3. The standard InChI is InChI=1S/C14H14N4O3/c19-13-7-12(16-14(17-13)10-3-4-10)15-8-9-1-5-11(6-2-9)18(20)21/h1-2,5-7,10H,3-4,8H2,(H2,15,16,17,19). The fourth-order valence-electron chi connectivity index (χ4n) is 2.05. The minimum Gasteiger partial charge on any atom is -0.366 e. The van der Waals surface area contributed by atoms with Gasteiger partial charge in [0.25, 0.3) is 11.2 Å². The number of H-pyrrole nitrogens is 1. The third-order valence-corrected chi connectivity index (χ3v) is 3.34. The molecule has 1 heterocycles. The average molecular weight is 286 g/mol. The molecule has 3 rings (SSSR count). The lowest BCUT2D eigenvalue weighted by molar-refractivity contribution is -0.384. The van der Waals surface area contributed by atoms with Gasteiger partial charge in [0.05, 0.1) is 4.92 Å². The largest absolute Gasteiger partial charge is 0.366 e. The van der Waals surface area contributed by atoms with Crippen LogP contribution in [0.4, 0.5) is 11.5 Å². The van der Waals surface area contributed by atoms with Crippen molar-refractivity contribution in [2.45, 2.75) is 25.3 Å². The third kappa shape index (κ3) is 3.25. The van der Waals surface area contributed by atoms with Gasteiger partial charge in [0.15, 0.2) is 0 Å². The minimum absolute atomic E-state index is 0.0593. The van der Waals surface area contributed by atoms with Crippen molar-refractivity contribution in [1.82, 2.24) is 9.97 Å². The van der Waals surface area contributed by atoms with Crippen LogP contribution in [0.5, 0.6) is 0 Å². The van der Waals surface area contributed by atoms with Crippen LogP contribution in [0.1, 0.15) is 30.1 Å². The van der Waals surface area contributed by atoms with Crippen LogP contribution in [0.2, 0.25) is 0 Å². The number of nitro groups is 1. The van der Waals surface area contributed by atoms with Gasteiger partial charge in [-0.3, -0.25) is 14.9 Å². The fourth-order valence-corrected chi connectivity index (χ4v) is 2.05. The Labute approximate surface area is 120 Å². The molecule has 0 spiro atoms. The predicted molar refractivity (Wildman–Crippen MR) is 77.3 cm³/mol. The van der Waals surface area contributed by atoms with E-state index in [0.29, 0.717) is 18.3 Å². The molecule has 0 unspecified atom stereocenters. The van der Waals surface area contributed by atoms with E-state index in [-0.39, 0.29) is 11.2 Å². The molecule has 21 heavy (non-hydrogen) atoms. The molecule has 0 radical (unpaired) electrons. The number of aromatic nitrogens is 2. The highest BCUT2D eigenvalue weighted by molar-refractivity contribution is 5.38. The predicted octanol–water partition coefficient (Wildman–Crippen LogP) is 2.17. The van der Waals surface area contributed by atoms with Crippen molar-refractivity contribution < 1.29 is 4.92 Å². The number of nitrogens with one attached hydrogen (secondary N) is 2. The summed E-state index contributed by atoms with van der Waals surface area (Å²) in [5.41, 5.74) is 0.776. The number of benzene rings is 1. The minimum atomic E-state index is -0.433. The van der Waals surface area contributed by atoms with Crippen molar-refractivity contribution in [2.24, 2.45) is 0 Å². The third-order valence-electron chi connectivity index (χ3n) is 3.34. The van der Waals surface area contributed by atoms with Gasteiger partial charge in [-0.2, -0.15) is 0 Å². The molecule has 0 atom stereocenters. The summed E-state index contributed by atoms with van der Waals surface area (Å²) >= 11 is 0. The van der Waals surface area contributed by atoms with E-state index >= 15 is 0 Å². The summed E-state index contributed by atoms with van der Waals surface area (Å²) in [6.07, 6.45) is 2.13. The molecule has 1 aromatic heterocycles. The Morgan fingerprint density at radius 1 is 1.33 bits per heavy atom. The van der Waals surface area contributed by atoms with Gasteiger partial charge in [-0.05, 0) is 18.4 Å². The smallest absolute Gasteiger partial charge is 0.269 e. The molecule has 108 valence electrons. The Kier molecular flexibility index (Phi) is 3.39. The van der Waals surface area contributed by atoms with Crippen molar-refractivity contribution >= 4 is 11.5 Å². The van der Waals surface area contributed by atoms with Crippen molar-refractivity contribution in [2.75, 3.05) is 5.32 Å². The van der Waals surface area contributed by atoms with Crippen LogP contribution in [0.3, 0.4) is 0 Å². The maximum Gasteiger partial charge on any atom is 0.269 e. The molecular formula is C14H14N4O3. The van der Waals surface area contributed by atoms with Crippen molar-refractivity contribution in [3.8, 4) is 0 Å². The van der Waals surface area contributed by atoms with Gasteiger partial charge in [-0.15, -0.1) is 0 Å². The van der Waals surface area contributed by atoms with E-state index in [0.717, 1.165) is 24.2 Å². The first-order chi connectivity index (χ1) is 10.1. The van der Waals surface area contributed by atoms with Crippen LogP contribution in [-0.4, -0.2) is 14.9 Å². The molecule has 1 saturated carbocycles. The number of nitrogens with zero attached hydrogens (tertiary/aromatic N) is 2. The SMILES string of the molecule is O=c1cc(NCc2ccc([N+](=O)[O-])cc2)nc(C2CC2)[nH]1. The summed E-state index contributed by atoms with van der Waals surface area (Å²) in [6, 6.07) is 7.69. The summed E-state index contributed by atoms with van der Waals surface area (Å²) in [7, 11) is 0. The van der Waals surface area contributed by atoms with Crippen molar-refractivity contribution in [3.05, 3.63) is 62.2 Å². The van der Waals surface area contributed by atoms with Gasteiger partial charge in [0, 0.05) is 30.7 Å². The molecule has 0 amide bonds. The van der Waals surface area contributed by atoms with Crippen LogP contribution < -0.4 is 10.9 Å². The number of anilines is 1. The van der Waals surface area contributed by atoms with Gasteiger partial charge in [-0.1, -0.05) is 12.1 Å². The second-order valence-corrected chi connectivity index (χ2v) is 5.07. The summed E-state index contributed by atoms with van der Waals surface area (Å²) in [5.74, 6) is 1.63. The molecule has 1 aromatic carbocycles. The molecule has 1 aliphatic carbocycles. The highest BCUT2D eigenvalue weighted by atomic mass is 16.6. The molecule has 0 saturated heterocycles. The molecule has 2 aromatic rings. The maximum absolute atomic E-state index is 11.6. The van der Waals surface area contributed by atoms with Crippen molar-refractivity contribution in [1.29, 1.82) is 0 Å². The quantitative estimate of drug-likeness (QED) is 0.648. The van der Waals surface area contributed by atoms with Gasteiger partial charge >= 0.3 is 0 Å². The normalized spacial score (nSPS) is 13.9. The Hall–Kier alpha value is -2.70. The number of non-ortho nitro benzene ring substituents is 1. The topological polar surface area (TPSA) is 101 Å². The molecule has 2 N–H and O–H groups in total. The Morgan fingerprint density at radius 3 is 2.67 bits per heavy atom. The van der Waals surface area contributed by atoms with E-state index in [1.54, 1.807) is 12.1 Å². The number of rotatable bonds is 5. The highest BCUT2D eigenvalue weighted by Gasteiger charge is 2.26. The molecular weight excluding hydrogens is 272 g/mol. The van der Waals surface area contributed by atoms with Gasteiger partial charge < -0.3 is 10.3 Å². The number of hydrogen-bond donors (Lipinski definition) is 2. The van der Waals surface area contributed by atoms with Crippen LogP contribution >= 0.6 is 0 Å². The maximum atomic E-state index is 11.6. The Balaban J connectivity index is 1.69. The van der Waals surface area contributed by atoms with Gasteiger partial charge in [-0.25, -0.2) is 4.98 Å². The van der Waals surface area contributed by atoms with Gasteiger partial charge in [0.1, 0.15) is 11.6 Å². The monoisotopic (exact) mass is 286 g/mol. The molecule has 7 heteroatoms. The fraction of sp³-hybridized carbons (Fsp3) is 0.286. The second kappa shape index (κ2) is 5.35. The molecule has 7 nitrogen and oxygen atoms in total. The zero-order chi connectivity index (χ0) is 14.8. The van der Waals surface area contributed by atoms with Gasteiger partial charge in [0.2, 0.25) is 0 Å².